The van der Waals surface area contributed by atoms with E-state index in [1.165, 1.54) is 20.3 Å². The van der Waals surface area contributed by atoms with Crippen molar-refractivity contribution >= 4 is 72.8 Å². The van der Waals surface area contributed by atoms with Gasteiger partial charge in [0.15, 0.2) is 57.0 Å². The number of likely N-dealkylation sites (N-methyl/N-ethyl adjacent to an activating group) is 1. The van der Waals surface area contributed by atoms with E-state index in [-0.39, 0.29) is 75.5 Å². The van der Waals surface area contributed by atoms with Gasteiger partial charge < -0.3 is 62.1 Å². The molecule has 3 aromatic rings. The molecule has 0 saturated carbocycles. The Balaban J connectivity index is 1.52. The van der Waals surface area contributed by atoms with Gasteiger partial charge in [0.25, 0.3) is 5.91 Å². The fourth-order valence-corrected chi connectivity index (χ4v) is 15.5. The number of aliphatic hydroxyl groups is 1. The minimum Gasteiger partial charge on any atom is -0.492 e. The molecule has 0 radical (unpaired) electrons. The maximum absolute atomic E-state index is 15.2. The summed E-state index contributed by atoms with van der Waals surface area (Å²) >= 11 is 10.7. The van der Waals surface area contributed by atoms with E-state index in [2.05, 4.69) is 123 Å². The Kier molecular flexibility index (Phi) is 23.0. The average molecular weight is 1290 g/mol. The van der Waals surface area contributed by atoms with Crippen molar-refractivity contribution < 1.29 is 66.2 Å². The van der Waals surface area contributed by atoms with Crippen LogP contribution < -0.4 is 29.0 Å². The summed E-state index contributed by atoms with van der Waals surface area (Å²) < 4.78 is 64.8. The van der Waals surface area contributed by atoms with Crippen molar-refractivity contribution in [3.63, 3.8) is 0 Å². The standard InChI is InChI=1S/C64H87BrClN3O14Si2/c1-20-85(21-2,39(5)6)83-51-36-55(78-40(7)56(51)69(14)15)81-53-37-76-54(70)35-46(68-60(71)44-34-43-41(31-49(44)80-61(72)62(8,9)10)32-52(77-38(3)4)58(75-17)57(43)74-16)45-26-27-48(59(66)67-45)79-50-33-42(65)28-30-64(53,73)29-24-22-23-25-47(50)82-84(18,19)63(11,12)13/h26-27,31-34,38-40,46-47,50-51,53,55-56,73H,20-21,29,35-37H2,1-19H3,(H,68,71)/b42-33+/t40-,46+,47-,50-,51-,53+,55-,56+,64+/m0/s1. The van der Waals surface area contributed by atoms with E-state index in [0.29, 0.717) is 26.5 Å². The van der Waals surface area contributed by atoms with Gasteiger partial charge in [-0.05, 0) is 161 Å². The van der Waals surface area contributed by atoms with Crippen LogP contribution in [0.15, 0.2) is 40.9 Å². The molecular formula is C64H87BrClN3O14Si2. The van der Waals surface area contributed by atoms with Gasteiger partial charge in [0.1, 0.15) is 24.6 Å². The maximum atomic E-state index is 15.2. The van der Waals surface area contributed by atoms with Crippen molar-refractivity contribution in [3.8, 4) is 64.3 Å². The second kappa shape index (κ2) is 28.3. The first-order chi connectivity index (χ1) is 39.7. The normalized spacial score (nSPS) is 24.8. The summed E-state index contributed by atoms with van der Waals surface area (Å²) in [4.78, 5) is 50.4. The van der Waals surface area contributed by atoms with Gasteiger partial charge in [-0.1, -0.05) is 83.7 Å². The van der Waals surface area contributed by atoms with Crippen LogP contribution in [0.2, 0.25) is 40.9 Å². The van der Waals surface area contributed by atoms with Gasteiger partial charge in [0.05, 0.1) is 78.6 Å². The first-order valence-corrected chi connectivity index (χ1v) is 35.5. The molecule has 2 aromatic carbocycles. The lowest BCUT2D eigenvalue weighted by Crippen LogP contribution is -2.60. The number of carbonyl (C=O) groups is 3. The molecule has 1 fully saturated rings. The Labute approximate surface area is 518 Å². The number of hydrogen-bond acceptors (Lipinski definition) is 16. The molecule has 4 heterocycles. The molecule has 1 aromatic heterocycles. The van der Waals surface area contributed by atoms with Crippen molar-refractivity contribution in [2.45, 2.75) is 206 Å². The number of methoxy groups -OCH3 is 2. The molecule has 1 aliphatic carbocycles. The number of hydrogen-bond donors (Lipinski definition) is 2. The highest BCUT2D eigenvalue weighted by Crippen LogP contribution is 2.46. The minimum absolute atomic E-state index is 0.0941. The van der Waals surface area contributed by atoms with Crippen molar-refractivity contribution in [3.05, 3.63) is 57.3 Å². The summed E-state index contributed by atoms with van der Waals surface area (Å²) in [5.41, 5.74) is -2.78. The molecule has 3 aliphatic heterocycles. The van der Waals surface area contributed by atoms with Crippen LogP contribution in [0, 0.1) is 40.9 Å². The van der Waals surface area contributed by atoms with E-state index in [9.17, 15) is 14.7 Å². The van der Waals surface area contributed by atoms with Crippen LogP contribution in [0.3, 0.4) is 0 Å². The Hall–Kier alpha value is -5.16. The molecule has 85 heavy (non-hydrogen) atoms. The molecule has 17 nitrogen and oxygen atoms in total. The molecule has 0 spiro atoms. The van der Waals surface area contributed by atoms with Crippen LogP contribution >= 0.6 is 27.5 Å². The number of carbonyl (C=O) groups excluding carboxylic acids is 3. The van der Waals surface area contributed by atoms with Gasteiger partial charge in [0.2, 0.25) is 5.75 Å². The highest BCUT2D eigenvalue weighted by atomic mass is 79.9. The quantitative estimate of drug-likeness (QED) is 0.0426. The van der Waals surface area contributed by atoms with Crippen molar-refractivity contribution in [1.29, 1.82) is 0 Å². The number of halogens is 2. The predicted molar refractivity (Wildman–Crippen MR) is 337 cm³/mol. The first kappa shape index (κ1) is 69.0. The lowest BCUT2D eigenvalue weighted by atomic mass is 9.92. The topological polar surface area (TPSA) is 192 Å². The zero-order valence-electron chi connectivity index (χ0n) is 52.9. The van der Waals surface area contributed by atoms with Gasteiger partial charge in [0, 0.05) is 11.8 Å². The lowest BCUT2D eigenvalue weighted by molar-refractivity contribution is -0.267. The second-order valence-electron chi connectivity index (χ2n) is 25.2. The predicted octanol–water partition coefficient (Wildman–Crippen LogP) is 11.9. The summed E-state index contributed by atoms with van der Waals surface area (Å²) in [5, 5.41) is 16.5. The lowest BCUT2D eigenvalue weighted by Gasteiger charge is -2.48. The maximum Gasteiger partial charge on any atom is 0.316 e. The molecule has 9 atom stereocenters. The summed E-state index contributed by atoms with van der Waals surface area (Å²) in [6.45, 7) is 29.5. The molecule has 4 aliphatic rings. The minimum atomic E-state index is -2.59. The monoisotopic (exact) mass is 1290 g/mol. The SMILES string of the molecule is CC[Si](CC)(O[C@H]1C[C@H](O[C@@H]2COC(=O)C[C@@H](NC(=O)c3cc4c(OC)c(OC)c(OC(C)C)cc4cc3OC(=O)C(C)(C)C)c3ccc(c(Cl)n3)O[C@H]3/C=C(/Br)C#C[C@]2(O)CC#CC#C[C@@H]3O[Si](C)(C)C(C)(C)C)O[C@@H](C)[C@H]1N(C)C)C(C)C. The van der Waals surface area contributed by atoms with Gasteiger partial charge in [-0.3, -0.25) is 14.4 Å². The third-order valence-electron chi connectivity index (χ3n) is 16.2. The molecule has 1 amide bonds. The highest BCUT2D eigenvalue weighted by Gasteiger charge is 2.48. The molecule has 21 heteroatoms. The summed E-state index contributed by atoms with van der Waals surface area (Å²) in [6.07, 6.45) is -4.17. The van der Waals surface area contributed by atoms with E-state index in [0.717, 1.165) is 12.1 Å². The van der Waals surface area contributed by atoms with Crippen LogP contribution in [0.1, 0.15) is 131 Å². The number of nitrogens with one attached hydrogen (secondary N) is 1. The van der Waals surface area contributed by atoms with Crippen LogP contribution in [0.4, 0.5) is 0 Å². The Morgan fingerprint density at radius 3 is 2.25 bits per heavy atom. The third kappa shape index (κ3) is 16.7. The number of amides is 1. The Morgan fingerprint density at radius 1 is 0.988 bits per heavy atom. The Bertz CT molecular complexity index is 3160. The molecule has 464 valence electrons. The number of benzene rings is 2. The number of aromatic nitrogens is 1. The van der Waals surface area contributed by atoms with E-state index in [4.69, 9.17) is 63.3 Å². The van der Waals surface area contributed by atoms with Crippen LogP contribution in [-0.2, 0) is 32.7 Å². The van der Waals surface area contributed by atoms with Gasteiger partial charge in [-0.2, -0.15) is 0 Å². The zero-order chi connectivity index (χ0) is 63.1. The molecular weight excluding hydrogens is 1210 g/mol. The molecule has 0 unspecified atom stereocenters. The number of nitrogens with zero attached hydrogens (tertiary/aromatic N) is 2. The number of allylic oxidation sites excluding steroid dienone is 1. The van der Waals surface area contributed by atoms with E-state index in [1.54, 1.807) is 51.1 Å². The molecule has 1 saturated heterocycles. The fraction of sp³-hybridized carbons (Fsp3) is 0.594. The fourth-order valence-electron chi connectivity index (χ4n) is 10.2. The van der Waals surface area contributed by atoms with E-state index < -0.39 is 95.3 Å². The Morgan fingerprint density at radius 2 is 1.66 bits per heavy atom. The van der Waals surface area contributed by atoms with Gasteiger partial charge in [-0.15, -0.1) is 0 Å². The number of pyridine rings is 1. The van der Waals surface area contributed by atoms with E-state index >= 15 is 4.79 Å². The van der Waals surface area contributed by atoms with Crippen molar-refractivity contribution in [2.75, 3.05) is 34.9 Å². The summed E-state index contributed by atoms with van der Waals surface area (Å²) in [6, 6.07) is 8.30. The number of ether oxygens (including phenoxy) is 8. The van der Waals surface area contributed by atoms with Crippen molar-refractivity contribution in [2.24, 2.45) is 5.41 Å². The molecule has 4 bridgehead atoms. The molecule has 7 rings (SSSR count). The van der Waals surface area contributed by atoms with Crippen molar-refractivity contribution in [1.82, 2.24) is 15.2 Å². The van der Waals surface area contributed by atoms with Crippen LogP contribution in [0.5, 0.6) is 28.7 Å². The van der Waals surface area contributed by atoms with Gasteiger partial charge >= 0.3 is 11.9 Å². The first-order valence-electron chi connectivity index (χ1n) is 29.1. The number of rotatable bonds is 17. The van der Waals surface area contributed by atoms with Crippen LogP contribution in [0.25, 0.3) is 10.8 Å². The largest absolute Gasteiger partial charge is 0.492 e. The molecule has 2 N–H and O–H groups in total. The number of esters is 2. The summed E-state index contributed by atoms with van der Waals surface area (Å²) in [7, 11) is 2.06. The summed E-state index contributed by atoms with van der Waals surface area (Å²) in [5.74, 6) is 16.8. The van der Waals surface area contributed by atoms with Crippen LogP contribution in [-0.4, -0.2) is 139 Å². The number of fused-ring (bicyclic) bond motifs is 8. The van der Waals surface area contributed by atoms with Gasteiger partial charge in [-0.25, -0.2) is 4.98 Å². The second-order valence-corrected chi connectivity index (χ2v) is 36.1. The van der Waals surface area contributed by atoms with E-state index in [1.807, 2.05) is 34.9 Å². The third-order valence-corrected chi connectivity index (χ3v) is 26.6. The zero-order valence-corrected chi connectivity index (χ0v) is 57.2. The average Bonchev–Trinajstić information content (AvgIpc) is 3.47. The highest BCUT2D eigenvalue weighted by molar-refractivity contribution is 9.12. The smallest absolute Gasteiger partial charge is 0.316 e.